The number of aryl methyl sites for hydroxylation is 1. The third-order valence-corrected chi connectivity index (χ3v) is 4.41. The number of imide groups is 1. The van der Waals surface area contributed by atoms with Gasteiger partial charge in [0, 0.05) is 5.69 Å². The van der Waals surface area contributed by atoms with Crippen molar-refractivity contribution >= 4 is 29.3 Å². The van der Waals surface area contributed by atoms with E-state index in [0.29, 0.717) is 11.3 Å². The first-order chi connectivity index (χ1) is 13.0. The SMILES string of the molecule is Cc1cccc(Nc2ccccc2C(=O)OCC(=O)N2CCOC2=O)c1C. The predicted octanol–water partition coefficient (Wildman–Crippen LogP) is 3.18. The van der Waals surface area contributed by atoms with Crippen LogP contribution in [0.25, 0.3) is 0 Å². The van der Waals surface area contributed by atoms with Crippen LogP contribution in [0.3, 0.4) is 0 Å². The molecular weight excluding hydrogens is 348 g/mol. The normalized spacial score (nSPS) is 13.3. The summed E-state index contributed by atoms with van der Waals surface area (Å²) in [5, 5.41) is 3.24. The molecule has 1 aliphatic rings. The summed E-state index contributed by atoms with van der Waals surface area (Å²) >= 11 is 0. The molecule has 0 aromatic heterocycles. The number of para-hydroxylation sites is 1. The lowest BCUT2D eigenvalue weighted by atomic mass is 10.1. The van der Waals surface area contributed by atoms with Gasteiger partial charge in [-0.1, -0.05) is 24.3 Å². The van der Waals surface area contributed by atoms with Crippen molar-refractivity contribution in [3.05, 3.63) is 59.2 Å². The summed E-state index contributed by atoms with van der Waals surface area (Å²) in [6.45, 7) is 3.80. The summed E-state index contributed by atoms with van der Waals surface area (Å²) < 4.78 is 9.81. The largest absolute Gasteiger partial charge is 0.452 e. The molecule has 0 bridgehead atoms. The second kappa shape index (κ2) is 7.90. The Morgan fingerprint density at radius 2 is 1.85 bits per heavy atom. The summed E-state index contributed by atoms with van der Waals surface area (Å²) in [4.78, 5) is 36.7. The Labute approximate surface area is 156 Å². The number of hydrogen-bond acceptors (Lipinski definition) is 6. The topological polar surface area (TPSA) is 84.9 Å². The van der Waals surface area contributed by atoms with Crippen LogP contribution in [0.2, 0.25) is 0 Å². The Morgan fingerprint density at radius 3 is 2.59 bits per heavy atom. The molecule has 1 aliphatic heterocycles. The maximum Gasteiger partial charge on any atom is 0.416 e. The molecule has 0 aliphatic carbocycles. The molecule has 1 fully saturated rings. The van der Waals surface area contributed by atoms with Gasteiger partial charge in [0.1, 0.15) is 6.61 Å². The van der Waals surface area contributed by atoms with Gasteiger partial charge in [-0.25, -0.2) is 14.5 Å². The van der Waals surface area contributed by atoms with Crippen molar-refractivity contribution in [2.75, 3.05) is 25.1 Å². The second-order valence-electron chi connectivity index (χ2n) is 6.15. The van der Waals surface area contributed by atoms with E-state index in [9.17, 15) is 14.4 Å². The predicted molar refractivity (Wildman–Crippen MR) is 99.0 cm³/mol. The number of anilines is 2. The van der Waals surface area contributed by atoms with Gasteiger partial charge >= 0.3 is 12.1 Å². The van der Waals surface area contributed by atoms with Crippen LogP contribution in [0, 0.1) is 13.8 Å². The highest BCUT2D eigenvalue weighted by Crippen LogP contribution is 2.25. The van der Waals surface area contributed by atoms with Gasteiger partial charge in [0.15, 0.2) is 6.61 Å². The zero-order valence-electron chi connectivity index (χ0n) is 15.2. The number of rotatable bonds is 5. The maximum atomic E-state index is 12.5. The molecule has 1 N–H and O–H groups in total. The van der Waals surface area contributed by atoms with Crippen molar-refractivity contribution in [1.29, 1.82) is 0 Å². The quantitative estimate of drug-likeness (QED) is 0.816. The van der Waals surface area contributed by atoms with E-state index < -0.39 is 24.6 Å². The highest BCUT2D eigenvalue weighted by molar-refractivity contribution is 5.99. The first-order valence-corrected chi connectivity index (χ1v) is 8.54. The number of amides is 2. The van der Waals surface area contributed by atoms with Crippen LogP contribution in [0.5, 0.6) is 0 Å². The molecule has 0 unspecified atom stereocenters. The number of esters is 1. The van der Waals surface area contributed by atoms with Gasteiger partial charge in [-0.05, 0) is 43.2 Å². The Bertz CT molecular complexity index is 894. The molecule has 0 saturated carbocycles. The lowest BCUT2D eigenvalue weighted by Gasteiger charge is -2.15. The van der Waals surface area contributed by atoms with E-state index in [-0.39, 0.29) is 13.2 Å². The number of carbonyl (C=O) groups excluding carboxylic acids is 3. The number of ether oxygens (including phenoxy) is 2. The van der Waals surface area contributed by atoms with Crippen LogP contribution in [0.15, 0.2) is 42.5 Å². The fourth-order valence-corrected chi connectivity index (χ4v) is 2.70. The lowest BCUT2D eigenvalue weighted by molar-refractivity contribution is -0.131. The number of cyclic esters (lactones) is 1. The minimum atomic E-state index is -0.715. The number of benzene rings is 2. The van der Waals surface area contributed by atoms with Crippen molar-refractivity contribution in [3.8, 4) is 0 Å². The molecule has 1 saturated heterocycles. The van der Waals surface area contributed by atoms with E-state index in [2.05, 4.69) is 5.32 Å². The molecule has 3 rings (SSSR count). The molecule has 0 atom stereocenters. The van der Waals surface area contributed by atoms with E-state index in [1.165, 1.54) is 0 Å². The van der Waals surface area contributed by atoms with Crippen molar-refractivity contribution in [2.45, 2.75) is 13.8 Å². The minimum Gasteiger partial charge on any atom is -0.452 e. The number of nitrogens with zero attached hydrogens (tertiary/aromatic N) is 1. The molecule has 2 amide bonds. The number of nitrogens with one attached hydrogen (secondary N) is 1. The van der Waals surface area contributed by atoms with Gasteiger partial charge in [0.2, 0.25) is 0 Å². The fourth-order valence-electron chi connectivity index (χ4n) is 2.70. The monoisotopic (exact) mass is 368 g/mol. The fraction of sp³-hybridized carbons (Fsp3) is 0.250. The zero-order valence-corrected chi connectivity index (χ0v) is 15.2. The Balaban J connectivity index is 1.71. The molecule has 140 valence electrons. The van der Waals surface area contributed by atoms with E-state index >= 15 is 0 Å². The molecule has 7 heteroatoms. The van der Waals surface area contributed by atoms with Crippen LogP contribution in [-0.4, -0.2) is 42.6 Å². The molecule has 2 aromatic carbocycles. The molecule has 0 radical (unpaired) electrons. The van der Waals surface area contributed by atoms with E-state index in [4.69, 9.17) is 9.47 Å². The third kappa shape index (κ3) is 4.08. The lowest BCUT2D eigenvalue weighted by Crippen LogP contribution is -2.35. The Morgan fingerprint density at radius 1 is 1.11 bits per heavy atom. The van der Waals surface area contributed by atoms with Crippen molar-refractivity contribution in [2.24, 2.45) is 0 Å². The average molecular weight is 368 g/mol. The molecule has 27 heavy (non-hydrogen) atoms. The first kappa shape index (κ1) is 18.4. The third-order valence-electron chi connectivity index (χ3n) is 4.41. The van der Waals surface area contributed by atoms with Crippen LogP contribution in [0.4, 0.5) is 16.2 Å². The summed E-state index contributed by atoms with van der Waals surface area (Å²) in [6, 6.07) is 12.8. The molecule has 2 aromatic rings. The standard InChI is InChI=1S/C20H20N2O5/c1-13-6-5-9-16(14(13)2)21-17-8-4-3-7-15(17)19(24)27-12-18(23)22-10-11-26-20(22)25/h3-9,21H,10-12H2,1-2H3. The van der Waals surface area contributed by atoms with Crippen molar-refractivity contribution < 1.29 is 23.9 Å². The van der Waals surface area contributed by atoms with Crippen molar-refractivity contribution in [1.82, 2.24) is 4.90 Å². The second-order valence-corrected chi connectivity index (χ2v) is 6.15. The molecule has 1 heterocycles. The maximum absolute atomic E-state index is 12.5. The van der Waals surface area contributed by atoms with E-state index in [1.54, 1.807) is 24.3 Å². The highest BCUT2D eigenvalue weighted by atomic mass is 16.6. The van der Waals surface area contributed by atoms with Gasteiger partial charge < -0.3 is 14.8 Å². The highest BCUT2D eigenvalue weighted by Gasteiger charge is 2.29. The van der Waals surface area contributed by atoms with Gasteiger partial charge in [0.25, 0.3) is 5.91 Å². The smallest absolute Gasteiger partial charge is 0.416 e. The summed E-state index contributed by atoms with van der Waals surface area (Å²) in [5.74, 6) is -1.25. The van der Waals surface area contributed by atoms with E-state index in [1.807, 2.05) is 32.0 Å². The Kier molecular flexibility index (Phi) is 5.40. The first-order valence-electron chi connectivity index (χ1n) is 8.54. The number of hydrogen-bond donors (Lipinski definition) is 1. The van der Waals surface area contributed by atoms with Crippen molar-refractivity contribution in [3.63, 3.8) is 0 Å². The van der Waals surface area contributed by atoms with Crippen LogP contribution in [0.1, 0.15) is 21.5 Å². The van der Waals surface area contributed by atoms with Gasteiger partial charge in [-0.15, -0.1) is 0 Å². The van der Waals surface area contributed by atoms with Crippen LogP contribution >= 0.6 is 0 Å². The zero-order chi connectivity index (χ0) is 19.4. The van der Waals surface area contributed by atoms with Gasteiger partial charge in [-0.2, -0.15) is 0 Å². The molecule has 0 spiro atoms. The van der Waals surface area contributed by atoms with Gasteiger partial charge in [0.05, 0.1) is 17.8 Å². The summed E-state index contributed by atoms with van der Waals surface area (Å²) in [6.07, 6.45) is -0.715. The van der Waals surface area contributed by atoms with Crippen LogP contribution < -0.4 is 5.32 Å². The van der Waals surface area contributed by atoms with Crippen LogP contribution in [-0.2, 0) is 14.3 Å². The van der Waals surface area contributed by atoms with Gasteiger partial charge in [-0.3, -0.25) is 4.79 Å². The Hall–Kier alpha value is -3.35. The average Bonchev–Trinajstić information content (AvgIpc) is 3.10. The summed E-state index contributed by atoms with van der Waals surface area (Å²) in [5.41, 5.74) is 3.96. The number of carbonyl (C=O) groups is 3. The van der Waals surface area contributed by atoms with E-state index in [0.717, 1.165) is 21.7 Å². The molecular formula is C20H20N2O5. The minimum absolute atomic E-state index is 0.154. The summed E-state index contributed by atoms with van der Waals surface area (Å²) in [7, 11) is 0. The molecule has 7 nitrogen and oxygen atoms in total.